The van der Waals surface area contributed by atoms with Crippen molar-refractivity contribution in [3.8, 4) is 28.4 Å². The number of nitrogens with zero attached hydrogens (tertiary/aromatic N) is 5. The molecule has 0 bridgehead atoms. The molecule has 0 saturated heterocycles. The van der Waals surface area contributed by atoms with Crippen LogP contribution < -0.4 is 4.74 Å². The minimum Gasteiger partial charge on any atom is -0.493 e. The molecular weight excluding hydrogens is 433 g/mol. The van der Waals surface area contributed by atoms with Crippen LogP contribution >= 0.6 is 11.6 Å². The van der Waals surface area contributed by atoms with Gasteiger partial charge in [0.1, 0.15) is 17.1 Å². The largest absolute Gasteiger partial charge is 0.493 e. The lowest BCUT2D eigenvalue weighted by molar-refractivity contribution is -0.140. The second-order valence-electron chi connectivity index (χ2n) is 7.08. The van der Waals surface area contributed by atoms with E-state index in [0.717, 1.165) is 11.3 Å². The molecule has 1 N–H and O–H groups in total. The highest BCUT2D eigenvalue weighted by atomic mass is 35.5. The number of fused-ring (bicyclic) bond motifs is 1. The average molecular weight is 447 g/mol. The van der Waals surface area contributed by atoms with E-state index in [1.165, 1.54) is 18.3 Å². The van der Waals surface area contributed by atoms with Gasteiger partial charge in [-0.3, -0.25) is 10.1 Å². The van der Waals surface area contributed by atoms with Crippen molar-refractivity contribution in [2.24, 2.45) is 0 Å². The molecule has 4 aromatic rings. The van der Waals surface area contributed by atoms with Gasteiger partial charge in [0, 0.05) is 41.0 Å². The number of halogens is 4. The first-order valence-electron chi connectivity index (χ1n) is 9.28. The summed E-state index contributed by atoms with van der Waals surface area (Å²) in [6.07, 6.45) is 0.258. The van der Waals surface area contributed by atoms with Crippen LogP contribution in [-0.2, 0) is 12.7 Å². The zero-order valence-electron chi connectivity index (χ0n) is 15.8. The van der Waals surface area contributed by atoms with Crippen LogP contribution in [0.5, 0.6) is 5.75 Å². The Labute approximate surface area is 178 Å². The second-order valence-corrected chi connectivity index (χ2v) is 7.49. The maximum Gasteiger partial charge on any atom is 0.435 e. The summed E-state index contributed by atoms with van der Waals surface area (Å²) < 4.78 is 47.1. The fourth-order valence-electron chi connectivity index (χ4n) is 3.65. The minimum absolute atomic E-state index is 0.0644. The van der Waals surface area contributed by atoms with Crippen LogP contribution in [0.1, 0.15) is 17.2 Å². The molecule has 3 aromatic heterocycles. The van der Waals surface area contributed by atoms with E-state index in [4.69, 9.17) is 16.3 Å². The first-order valence-corrected chi connectivity index (χ1v) is 9.66. The molecule has 1 aliphatic heterocycles. The highest BCUT2D eigenvalue weighted by Crippen LogP contribution is 2.40. The van der Waals surface area contributed by atoms with Crippen molar-refractivity contribution in [2.75, 3.05) is 6.61 Å². The zero-order chi connectivity index (χ0) is 21.6. The molecule has 7 nitrogen and oxygen atoms in total. The number of aromatic nitrogens is 6. The van der Waals surface area contributed by atoms with E-state index < -0.39 is 11.9 Å². The fraction of sp³-hybridized carbons (Fsp3) is 0.200. The van der Waals surface area contributed by atoms with Gasteiger partial charge in [-0.1, -0.05) is 22.9 Å². The van der Waals surface area contributed by atoms with Gasteiger partial charge in [-0.2, -0.15) is 13.2 Å². The van der Waals surface area contributed by atoms with Crippen LogP contribution in [0.3, 0.4) is 0 Å². The topological polar surface area (TPSA) is 81.5 Å². The molecule has 31 heavy (non-hydrogen) atoms. The van der Waals surface area contributed by atoms with Gasteiger partial charge >= 0.3 is 6.18 Å². The Morgan fingerprint density at radius 3 is 2.90 bits per heavy atom. The Bertz CT molecular complexity index is 1250. The number of benzene rings is 1. The van der Waals surface area contributed by atoms with Crippen LogP contribution in [0.15, 0.2) is 49.1 Å². The Morgan fingerprint density at radius 2 is 2.06 bits per heavy atom. The van der Waals surface area contributed by atoms with Crippen molar-refractivity contribution in [2.45, 2.75) is 18.6 Å². The average Bonchev–Trinajstić information content (AvgIpc) is 3.48. The van der Waals surface area contributed by atoms with Crippen molar-refractivity contribution >= 4 is 11.6 Å². The van der Waals surface area contributed by atoms with Crippen molar-refractivity contribution < 1.29 is 17.9 Å². The third kappa shape index (κ3) is 3.63. The quantitative estimate of drug-likeness (QED) is 0.496. The first-order chi connectivity index (χ1) is 14.9. The summed E-state index contributed by atoms with van der Waals surface area (Å²) in [7, 11) is 0. The molecule has 4 heterocycles. The zero-order valence-corrected chi connectivity index (χ0v) is 16.5. The summed E-state index contributed by atoms with van der Waals surface area (Å²) in [6.45, 7) is 1.09. The van der Waals surface area contributed by atoms with Gasteiger partial charge in [0.05, 0.1) is 18.6 Å². The van der Waals surface area contributed by atoms with Gasteiger partial charge in [-0.25, -0.2) is 4.98 Å². The fourth-order valence-corrected chi connectivity index (χ4v) is 3.97. The van der Waals surface area contributed by atoms with Crippen molar-refractivity contribution in [1.29, 1.82) is 0 Å². The lowest BCUT2D eigenvalue weighted by atomic mass is 10.0. The lowest BCUT2D eigenvalue weighted by Crippen LogP contribution is -2.09. The number of H-pyrrole nitrogens is 1. The molecule has 0 unspecified atom stereocenters. The standard InChI is InChI=1S/C20H14ClF3N6O/c21-13-2-1-3-16-17(13)12(9-31-16)7-30-8-15(26-10-30)14-6-11(4-5-25-14)18-19(20(22,23)24)28-29-27-18/h1-6,8,10,12H,7,9H2,(H,27,28,29)/t12-/m1/s1. The van der Waals surface area contributed by atoms with Gasteiger partial charge in [-0.05, 0) is 24.3 Å². The second kappa shape index (κ2) is 7.38. The van der Waals surface area contributed by atoms with E-state index in [9.17, 15) is 13.2 Å². The number of pyridine rings is 1. The molecule has 0 amide bonds. The van der Waals surface area contributed by atoms with E-state index in [1.807, 2.05) is 27.9 Å². The van der Waals surface area contributed by atoms with E-state index in [0.29, 0.717) is 29.6 Å². The molecular formula is C20H14ClF3N6O. The first kappa shape index (κ1) is 19.6. The van der Waals surface area contributed by atoms with Gasteiger partial charge < -0.3 is 9.30 Å². The molecule has 0 saturated carbocycles. The van der Waals surface area contributed by atoms with E-state index in [-0.39, 0.29) is 17.2 Å². The molecule has 0 spiro atoms. The summed E-state index contributed by atoms with van der Waals surface area (Å²) in [5.74, 6) is 0.842. The number of nitrogens with one attached hydrogen (secondary N) is 1. The Hall–Kier alpha value is -3.40. The summed E-state index contributed by atoms with van der Waals surface area (Å²) >= 11 is 6.33. The van der Waals surface area contributed by atoms with Crippen molar-refractivity contribution in [1.82, 2.24) is 29.9 Å². The number of aromatic amines is 1. The number of imidazole rings is 1. The molecule has 0 fully saturated rings. The van der Waals surface area contributed by atoms with Gasteiger partial charge in [0.25, 0.3) is 0 Å². The molecule has 5 rings (SSSR count). The molecule has 0 radical (unpaired) electrons. The normalized spacial score (nSPS) is 15.7. The summed E-state index contributed by atoms with van der Waals surface area (Å²) in [4.78, 5) is 8.61. The number of rotatable bonds is 4. The monoisotopic (exact) mass is 446 g/mol. The van der Waals surface area contributed by atoms with Crippen LogP contribution in [0.4, 0.5) is 13.2 Å². The van der Waals surface area contributed by atoms with Crippen LogP contribution in [0.2, 0.25) is 5.02 Å². The van der Waals surface area contributed by atoms with E-state index >= 15 is 0 Å². The Balaban J connectivity index is 1.41. The maximum absolute atomic E-state index is 13.2. The van der Waals surface area contributed by atoms with E-state index in [2.05, 4.69) is 20.3 Å². The minimum atomic E-state index is -4.59. The smallest absolute Gasteiger partial charge is 0.435 e. The number of hydrogen-bond acceptors (Lipinski definition) is 5. The molecule has 1 atom stereocenters. The SMILES string of the molecule is FC(F)(F)c1[nH]nnc1-c1ccnc(-c2cn(C[C@@H]3COc4cccc(Cl)c43)cn2)c1. The molecule has 0 aliphatic carbocycles. The highest BCUT2D eigenvalue weighted by molar-refractivity contribution is 6.31. The van der Waals surface area contributed by atoms with Gasteiger partial charge in [0.2, 0.25) is 0 Å². The predicted octanol–water partition coefficient (Wildman–Crippen LogP) is 4.58. The molecule has 11 heteroatoms. The molecule has 158 valence electrons. The number of ether oxygens (including phenoxy) is 1. The highest BCUT2D eigenvalue weighted by Gasteiger charge is 2.37. The maximum atomic E-state index is 13.2. The van der Waals surface area contributed by atoms with Crippen molar-refractivity contribution in [3.05, 3.63) is 65.3 Å². The Morgan fingerprint density at radius 1 is 1.19 bits per heavy atom. The van der Waals surface area contributed by atoms with E-state index in [1.54, 1.807) is 12.5 Å². The van der Waals surface area contributed by atoms with Gasteiger partial charge in [0.15, 0.2) is 5.69 Å². The molecule has 1 aromatic carbocycles. The number of alkyl halides is 3. The van der Waals surface area contributed by atoms with Crippen LogP contribution in [0.25, 0.3) is 22.6 Å². The number of hydrogen-bond donors (Lipinski definition) is 1. The third-order valence-corrected chi connectivity index (χ3v) is 5.38. The van der Waals surface area contributed by atoms with Crippen LogP contribution in [0, 0.1) is 0 Å². The molecule has 1 aliphatic rings. The summed E-state index contributed by atoms with van der Waals surface area (Å²) in [5.41, 5.74) is 0.860. The van der Waals surface area contributed by atoms with Crippen molar-refractivity contribution in [3.63, 3.8) is 0 Å². The van der Waals surface area contributed by atoms with Gasteiger partial charge in [-0.15, -0.1) is 5.10 Å². The Kier molecular flexibility index (Phi) is 4.66. The summed E-state index contributed by atoms with van der Waals surface area (Å²) in [6, 6.07) is 8.51. The summed E-state index contributed by atoms with van der Waals surface area (Å²) in [5, 5.41) is 9.45. The lowest BCUT2D eigenvalue weighted by Gasteiger charge is -2.10. The third-order valence-electron chi connectivity index (χ3n) is 5.05. The predicted molar refractivity (Wildman–Crippen MR) is 106 cm³/mol. The van der Waals surface area contributed by atoms with Crippen LogP contribution in [-0.4, -0.2) is 36.6 Å².